The number of aryl methyl sites for hydroxylation is 2. The first kappa shape index (κ1) is 21.7. The van der Waals surface area contributed by atoms with Gasteiger partial charge in [-0.3, -0.25) is 19.9 Å². The molecule has 0 bridgehead atoms. The predicted molar refractivity (Wildman–Crippen MR) is 110 cm³/mol. The maximum Gasteiger partial charge on any atom is 0.390 e. The van der Waals surface area contributed by atoms with Crippen LogP contribution in [0.2, 0.25) is 0 Å². The quantitative estimate of drug-likeness (QED) is 0.504. The van der Waals surface area contributed by atoms with Gasteiger partial charge in [0.1, 0.15) is 18.5 Å². The molecule has 10 nitrogen and oxygen atoms in total. The highest BCUT2D eigenvalue weighted by Gasteiger charge is 2.51. The number of rotatable bonds is 7. The minimum atomic E-state index is -0.923. The number of aliphatic imine (C=N–C) groups is 1. The fourth-order valence-electron chi connectivity index (χ4n) is 3.37. The van der Waals surface area contributed by atoms with Crippen molar-refractivity contribution in [2.75, 3.05) is 40.4 Å². The molecule has 0 saturated carbocycles. The molecule has 1 aromatic rings. The van der Waals surface area contributed by atoms with Crippen LogP contribution in [0, 0.1) is 13.8 Å². The Morgan fingerprint density at radius 2 is 1.97 bits per heavy atom. The molecule has 0 aliphatic carbocycles. The topological polar surface area (TPSA) is 118 Å². The number of β-amino-alcohol motifs (C(OH)–C–C–N with tert-alkyl or cyclic N) is 1. The lowest BCUT2D eigenvalue weighted by atomic mass is 10.1. The molecule has 1 saturated heterocycles. The van der Waals surface area contributed by atoms with Crippen LogP contribution in [0.3, 0.4) is 0 Å². The van der Waals surface area contributed by atoms with Crippen molar-refractivity contribution in [3.63, 3.8) is 0 Å². The van der Waals surface area contributed by atoms with Gasteiger partial charge in [0.15, 0.2) is 0 Å². The third-order valence-corrected chi connectivity index (χ3v) is 5.25. The van der Waals surface area contributed by atoms with Crippen molar-refractivity contribution in [1.82, 2.24) is 15.1 Å². The normalized spacial score (nSPS) is 19.8. The van der Waals surface area contributed by atoms with E-state index in [0.717, 1.165) is 16.0 Å². The van der Waals surface area contributed by atoms with Crippen LogP contribution in [0.25, 0.3) is 0 Å². The number of benzene rings is 1. The first-order valence-electron chi connectivity index (χ1n) is 9.75. The molecular weight excluding hydrogens is 390 g/mol. The number of amidine groups is 1. The molecule has 0 spiro atoms. The number of carbonyl (C=O) groups excluding carboxylic acids is 2. The van der Waals surface area contributed by atoms with Crippen molar-refractivity contribution in [3.8, 4) is 5.75 Å². The zero-order valence-electron chi connectivity index (χ0n) is 17.6. The van der Waals surface area contributed by atoms with Gasteiger partial charge in [-0.05, 0) is 37.1 Å². The van der Waals surface area contributed by atoms with E-state index in [0.29, 0.717) is 11.7 Å². The summed E-state index contributed by atoms with van der Waals surface area (Å²) in [6.45, 7) is 4.15. The van der Waals surface area contributed by atoms with Gasteiger partial charge in [0.25, 0.3) is 5.91 Å². The van der Waals surface area contributed by atoms with E-state index in [9.17, 15) is 14.7 Å². The highest BCUT2D eigenvalue weighted by molar-refractivity contribution is 6.22. The van der Waals surface area contributed by atoms with Crippen molar-refractivity contribution >= 4 is 23.7 Å². The van der Waals surface area contributed by atoms with Crippen molar-refractivity contribution in [1.29, 1.82) is 0 Å². The molecule has 2 heterocycles. The summed E-state index contributed by atoms with van der Waals surface area (Å²) in [6.07, 6.45) is -0.923. The van der Waals surface area contributed by atoms with Gasteiger partial charge in [0, 0.05) is 14.1 Å². The van der Waals surface area contributed by atoms with E-state index < -0.39 is 24.1 Å². The number of amides is 3. The number of hydrogen-bond donors (Lipinski definition) is 3. The first-order valence-corrected chi connectivity index (χ1v) is 9.75. The van der Waals surface area contributed by atoms with Gasteiger partial charge in [-0.2, -0.15) is 0 Å². The number of nitrogens with one attached hydrogen (secondary N) is 1. The molecule has 2 aliphatic rings. The Morgan fingerprint density at radius 1 is 1.23 bits per heavy atom. The van der Waals surface area contributed by atoms with Crippen LogP contribution >= 0.6 is 0 Å². The lowest BCUT2D eigenvalue weighted by Gasteiger charge is -2.32. The fourth-order valence-corrected chi connectivity index (χ4v) is 3.37. The lowest BCUT2D eigenvalue weighted by molar-refractivity contribution is -0.545. The number of urea groups is 1. The minimum absolute atomic E-state index is 0.0210. The summed E-state index contributed by atoms with van der Waals surface area (Å²) in [5.41, 5.74) is 2.24. The zero-order chi connectivity index (χ0) is 22.0. The van der Waals surface area contributed by atoms with Crippen molar-refractivity contribution in [3.05, 3.63) is 29.3 Å². The Morgan fingerprint density at radius 3 is 2.63 bits per heavy atom. The Bertz CT molecular complexity index is 913. The number of nitrogens with zero attached hydrogens (tertiary/aromatic N) is 4. The largest absolute Gasteiger partial charge is 0.491 e. The van der Waals surface area contributed by atoms with E-state index in [2.05, 4.69) is 10.3 Å². The van der Waals surface area contributed by atoms with Crippen molar-refractivity contribution < 1.29 is 29.1 Å². The monoisotopic (exact) mass is 418 g/mol. The van der Waals surface area contributed by atoms with E-state index in [1.807, 2.05) is 32.0 Å². The number of aliphatic hydroxyl groups is 2. The lowest BCUT2D eigenvalue weighted by Crippen LogP contribution is -2.62. The van der Waals surface area contributed by atoms with E-state index >= 15 is 0 Å². The molecule has 1 aromatic carbocycles. The predicted octanol–water partition coefficient (Wildman–Crippen LogP) is -0.702. The molecule has 30 heavy (non-hydrogen) atoms. The van der Waals surface area contributed by atoms with Gasteiger partial charge in [0.05, 0.1) is 19.7 Å². The van der Waals surface area contributed by atoms with Gasteiger partial charge < -0.3 is 14.9 Å². The second-order valence-electron chi connectivity index (χ2n) is 7.45. The first-order chi connectivity index (χ1) is 14.2. The van der Waals surface area contributed by atoms with Gasteiger partial charge in [0.2, 0.25) is 11.9 Å². The summed E-state index contributed by atoms with van der Waals surface area (Å²) in [5.74, 6) is 0.820. The number of hydrogen-bond acceptors (Lipinski definition) is 7. The Balaban J connectivity index is 1.76. The SMILES string of the molecule is Cc1ccc(OCC(O)C[N+]2=C(NCCO)N=C3C2C(=O)N(C)C(=O)N3C)cc1C. The van der Waals surface area contributed by atoms with Gasteiger partial charge in [-0.15, -0.1) is 0 Å². The Hall–Kier alpha value is -2.98. The van der Waals surface area contributed by atoms with Crippen LogP contribution in [0.15, 0.2) is 23.2 Å². The van der Waals surface area contributed by atoms with E-state index in [1.165, 1.54) is 11.9 Å². The summed E-state index contributed by atoms with van der Waals surface area (Å²) in [6, 6.07) is 4.38. The second kappa shape index (κ2) is 8.80. The molecule has 3 rings (SSSR count). The summed E-state index contributed by atoms with van der Waals surface area (Å²) < 4.78 is 7.31. The summed E-state index contributed by atoms with van der Waals surface area (Å²) in [7, 11) is 2.96. The average molecular weight is 418 g/mol. The molecular formula is C20H28N5O5+. The molecule has 1 fully saturated rings. The van der Waals surface area contributed by atoms with Crippen LogP contribution in [0.1, 0.15) is 11.1 Å². The van der Waals surface area contributed by atoms with Gasteiger partial charge in [-0.25, -0.2) is 9.37 Å². The van der Waals surface area contributed by atoms with Crippen molar-refractivity contribution in [2.45, 2.75) is 26.0 Å². The van der Waals surface area contributed by atoms with E-state index in [-0.39, 0.29) is 32.1 Å². The van der Waals surface area contributed by atoms with Crippen LogP contribution < -0.4 is 10.1 Å². The number of guanidine groups is 1. The van der Waals surface area contributed by atoms with Crippen LogP contribution in [-0.2, 0) is 4.79 Å². The van der Waals surface area contributed by atoms with E-state index in [1.54, 1.807) is 11.6 Å². The smallest absolute Gasteiger partial charge is 0.390 e. The van der Waals surface area contributed by atoms with Crippen LogP contribution in [-0.4, -0.2) is 101 Å². The maximum atomic E-state index is 12.8. The molecule has 162 valence electrons. The molecule has 0 radical (unpaired) electrons. The van der Waals surface area contributed by atoms with Gasteiger partial charge >= 0.3 is 12.0 Å². The number of aliphatic hydroxyl groups excluding tert-OH is 2. The summed E-state index contributed by atoms with van der Waals surface area (Å²) in [4.78, 5) is 31.7. The molecule has 3 amide bonds. The molecule has 2 atom stereocenters. The summed E-state index contributed by atoms with van der Waals surface area (Å²) in [5, 5.41) is 22.7. The Labute approximate surface area is 175 Å². The summed E-state index contributed by atoms with van der Waals surface area (Å²) >= 11 is 0. The molecule has 3 N–H and O–H groups in total. The number of carbonyl (C=O) groups is 2. The van der Waals surface area contributed by atoms with Gasteiger partial charge in [-0.1, -0.05) is 11.1 Å². The fraction of sp³-hybridized carbons (Fsp3) is 0.500. The number of fused-ring (bicyclic) bond motifs is 1. The highest BCUT2D eigenvalue weighted by Crippen LogP contribution is 2.19. The minimum Gasteiger partial charge on any atom is -0.491 e. The molecule has 0 aromatic heterocycles. The molecule has 10 heteroatoms. The number of likely N-dealkylation sites (N-methyl/N-ethyl adjacent to an activating group) is 2. The van der Waals surface area contributed by atoms with Crippen LogP contribution in [0.4, 0.5) is 4.79 Å². The number of ether oxygens (including phenoxy) is 1. The molecule has 2 aliphatic heterocycles. The zero-order valence-corrected chi connectivity index (χ0v) is 17.6. The standard InChI is InChI=1S/C20H27N5O5/c1-12-5-6-15(9-13(12)2)30-11-14(27)10-25-16-17(22-19(25)21-7-8-26)23(3)20(29)24(4)18(16)28/h5-6,9,14,16,26-27H,7-8,10-11H2,1-4H3/p+1. The second-order valence-corrected chi connectivity index (χ2v) is 7.45. The van der Waals surface area contributed by atoms with Crippen LogP contribution in [0.5, 0.6) is 5.75 Å². The molecule has 2 unspecified atom stereocenters. The number of imide groups is 1. The Kier molecular flexibility index (Phi) is 6.37. The van der Waals surface area contributed by atoms with Crippen molar-refractivity contribution in [2.24, 2.45) is 4.99 Å². The van der Waals surface area contributed by atoms with E-state index in [4.69, 9.17) is 9.84 Å². The third-order valence-electron chi connectivity index (χ3n) is 5.25. The highest BCUT2D eigenvalue weighted by atomic mass is 16.5. The average Bonchev–Trinajstić information content (AvgIpc) is 3.08. The third kappa shape index (κ3) is 4.14. The maximum absolute atomic E-state index is 12.8.